The molecule has 2 aromatic carbocycles. The van der Waals surface area contributed by atoms with Gasteiger partial charge in [-0.3, -0.25) is 0 Å². The summed E-state index contributed by atoms with van der Waals surface area (Å²) in [7, 11) is 0. The average molecular weight is 289 g/mol. The lowest BCUT2D eigenvalue weighted by Crippen LogP contribution is -1.94. The molecule has 0 saturated heterocycles. The Balaban J connectivity index is 1.81. The molecule has 3 heteroatoms. The molecule has 0 spiro atoms. The molecule has 104 valence electrons. The predicted octanol–water partition coefficient (Wildman–Crippen LogP) is 4.26. The first kappa shape index (κ1) is 13.3. The fraction of sp³-hybridized carbons (Fsp3) is 0.294. The van der Waals surface area contributed by atoms with Crippen LogP contribution in [0.3, 0.4) is 0 Å². The highest BCUT2D eigenvalue weighted by atomic mass is 35.5. The molecule has 0 radical (unpaired) electrons. The molecule has 3 rings (SSSR count). The lowest BCUT2D eigenvalue weighted by molar-refractivity contribution is 0.340. The van der Waals surface area contributed by atoms with E-state index in [4.69, 9.17) is 21.1 Å². The van der Waals surface area contributed by atoms with Crippen molar-refractivity contribution in [2.24, 2.45) is 0 Å². The Hall–Kier alpha value is -1.67. The van der Waals surface area contributed by atoms with Gasteiger partial charge in [-0.15, -0.1) is 0 Å². The lowest BCUT2D eigenvalue weighted by atomic mass is 10.0. The van der Waals surface area contributed by atoms with Crippen molar-refractivity contribution in [1.29, 1.82) is 0 Å². The van der Waals surface area contributed by atoms with E-state index in [2.05, 4.69) is 24.3 Å². The number of rotatable bonds is 4. The smallest absolute Gasteiger partial charge is 0.141 e. The van der Waals surface area contributed by atoms with Gasteiger partial charge in [0, 0.05) is 6.42 Å². The molecule has 0 atom stereocenters. The highest BCUT2D eigenvalue weighted by molar-refractivity contribution is 6.33. The minimum absolute atomic E-state index is 0.688. The second kappa shape index (κ2) is 5.76. The Labute approximate surface area is 124 Å². The van der Waals surface area contributed by atoms with Gasteiger partial charge in [0.05, 0.1) is 18.2 Å². The normalized spacial score (nSPS) is 12.9. The fourth-order valence-corrected chi connectivity index (χ4v) is 2.79. The van der Waals surface area contributed by atoms with Crippen LogP contribution >= 0.6 is 11.6 Å². The average Bonchev–Trinajstić information content (AvgIpc) is 2.94. The van der Waals surface area contributed by atoms with Crippen molar-refractivity contribution >= 4 is 11.6 Å². The Morgan fingerprint density at radius 1 is 1.15 bits per heavy atom. The second-order valence-corrected chi connectivity index (χ2v) is 5.26. The Bertz CT molecular complexity index is 605. The van der Waals surface area contributed by atoms with Crippen molar-refractivity contribution in [3.05, 3.63) is 58.1 Å². The maximum absolute atomic E-state index is 6.44. The zero-order valence-corrected chi connectivity index (χ0v) is 12.2. The van der Waals surface area contributed by atoms with Crippen molar-refractivity contribution < 1.29 is 9.47 Å². The van der Waals surface area contributed by atoms with E-state index in [-0.39, 0.29) is 0 Å². The number of hydrogen-bond donors (Lipinski definition) is 0. The molecular formula is C17H17ClO2. The third-order valence-corrected chi connectivity index (χ3v) is 3.92. The number of fused-ring (bicyclic) bond motifs is 1. The van der Waals surface area contributed by atoms with E-state index in [9.17, 15) is 0 Å². The van der Waals surface area contributed by atoms with Crippen LogP contribution in [0.2, 0.25) is 5.02 Å². The zero-order chi connectivity index (χ0) is 13.9. The van der Waals surface area contributed by atoms with Crippen LogP contribution < -0.4 is 9.47 Å². The van der Waals surface area contributed by atoms with Crippen LogP contribution in [0.25, 0.3) is 0 Å². The van der Waals surface area contributed by atoms with E-state index in [1.807, 2.05) is 19.1 Å². The summed E-state index contributed by atoms with van der Waals surface area (Å²) < 4.78 is 11.1. The van der Waals surface area contributed by atoms with Gasteiger partial charge in [-0.1, -0.05) is 35.9 Å². The molecule has 0 N–H and O–H groups in total. The van der Waals surface area contributed by atoms with E-state index in [1.54, 1.807) is 0 Å². The summed E-state index contributed by atoms with van der Waals surface area (Å²) in [6.07, 6.45) is 1.76. The van der Waals surface area contributed by atoms with Crippen LogP contribution in [0.4, 0.5) is 0 Å². The van der Waals surface area contributed by atoms with Gasteiger partial charge in [-0.25, -0.2) is 0 Å². The summed E-state index contributed by atoms with van der Waals surface area (Å²) in [6.45, 7) is 3.41. The van der Waals surface area contributed by atoms with Crippen molar-refractivity contribution in [2.45, 2.75) is 19.8 Å². The molecule has 1 aliphatic heterocycles. The van der Waals surface area contributed by atoms with E-state index in [0.717, 1.165) is 41.5 Å². The molecule has 1 aliphatic rings. The summed E-state index contributed by atoms with van der Waals surface area (Å²) >= 11 is 6.44. The summed E-state index contributed by atoms with van der Waals surface area (Å²) in [5, 5.41) is 0.758. The molecule has 1 heterocycles. The van der Waals surface area contributed by atoms with Gasteiger partial charge in [0.15, 0.2) is 0 Å². The number of hydrogen-bond acceptors (Lipinski definition) is 2. The number of ether oxygens (including phenoxy) is 2. The largest absolute Gasteiger partial charge is 0.494 e. The summed E-state index contributed by atoms with van der Waals surface area (Å²) in [6, 6.07) is 12.4. The third kappa shape index (κ3) is 2.61. The molecule has 20 heavy (non-hydrogen) atoms. The Morgan fingerprint density at radius 2 is 1.95 bits per heavy atom. The van der Waals surface area contributed by atoms with Gasteiger partial charge < -0.3 is 9.47 Å². The Morgan fingerprint density at radius 3 is 2.70 bits per heavy atom. The van der Waals surface area contributed by atoms with E-state index in [0.29, 0.717) is 6.61 Å². The van der Waals surface area contributed by atoms with E-state index < -0.39 is 0 Å². The second-order valence-electron chi connectivity index (χ2n) is 4.88. The molecule has 2 aromatic rings. The van der Waals surface area contributed by atoms with Gasteiger partial charge in [0.25, 0.3) is 0 Å². The number of halogens is 1. The minimum Gasteiger partial charge on any atom is -0.494 e. The van der Waals surface area contributed by atoms with E-state index >= 15 is 0 Å². The van der Waals surface area contributed by atoms with Gasteiger partial charge in [0.1, 0.15) is 11.5 Å². The molecule has 0 fully saturated rings. The van der Waals surface area contributed by atoms with Crippen LogP contribution in [0.15, 0.2) is 36.4 Å². The van der Waals surface area contributed by atoms with Crippen LogP contribution in [0.1, 0.15) is 23.6 Å². The first-order valence-corrected chi connectivity index (χ1v) is 7.30. The van der Waals surface area contributed by atoms with Crippen molar-refractivity contribution in [3.63, 3.8) is 0 Å². The molecule has 0 saturated carbocycles. The molecule has 0 unspecified atom stereocenters. The van der Waals surface area contributed by atoms with Crippen molar-refractivity contribution in [1.82, 2.24) is 0 Å². The monoisotopic (exact) mass is 288 g/mol. The topological polar surface area (TPSA) is 18.5 Å². The van der Waals surface area contributed by atoms with Crippen LogP contribution in [-0.4, -0.2) is 13.2 Å². The number of benzene rings is 2. The summed E-state index contributed by atoms with van der Waals surface area (Å²) in [4.78, 5) is 0. The van der Waals surface area contributed by atoms with Gasteiger partial charge >= 0.3 is 0 Å². The van der Waals surface area contributed by atoms with Gasteiger partial charge in [-0.05, 0) is 42.2 Å². The van der Waals surface area contributed by atoms with Crippen LogP contribution in [-0.2, 0) is 12.8 Å². The molecule has 0 amide bonds. The van der Waals surface area contributed by atoms with Crippen LogP contribution in [0, 0.1) is 0 Å². The maximum atomic E-state index is 6.44. The lowest BCUT2D eigenvalue weighted by Gasteiger charge is -2.09. The first-order valence-electron chi connectivity index (χ1n) is 6.92. The van der Waals surface area contributed by atoms with Gasteiger partial charge in [-0.2, -0.15) is 0 Å². The third-order valence-electron chi connectivity index (χ3n) is 3.51. The summed E-state index contributed by atoms with van der Waals surface area (Å²) in [5.74, 6) is 1.77. The first-order chi connectivity index (χ1) is 9.78. The molecule has 2 nitrogen and oxygen atoms in total. The van der Waals surface area contributed by atoms with Crippen LogP contribution in [0.5, 0.6) is 11.5 Å². The Kier molecular flexibility index (Phi) is 3.83. The fourth-order valence-electron chi connectivity index (χ4n) is 2.48. The quantitative estimate of drug-likeness (QED) is 0.837. The van der Waals surface area contributed by atoms with Crippen molar-refractivity contribution in [3.8, 4) is 11.5 Å². The standard InChI is InChI=1S/C17H17ClO2/c1-2-19-15-7-3-12(4-8-15)11-14-6-5-13-9-10-20-17(13)16(14)18/h3-8H,2,9-11H2,1H3. The molecule has 0 aromatic heterocycles. The zero-order valence-electron chi connectivity index (χ0n) is 11.5. The van der Waals surface area contributed by atoms with Gasteiger partial charge in [0.2, 0.25) is 0 Å². The minimum atomic E-state index is 0.688. The SMILES string of the molecule is CCOc1ccc(Cc2ccc3c(c2Cl)OCC3)cc1. The highest BCUT2D eigenvalue weighted by Gasteiger charge is 2.18. The summed E-state index contributed by atoms with van der Waals surface area (Å²) in [5.41, 5.74) is 3.54. The maximum Gasteiger partial charge on any atom is 0.141 e. The molecule has 0 aliphatic carbocycles. The van der Waals surface area contributed by atoms with E-state index in [1.165, 1.54) is 11.1 Å². The molecule has 0 bridgehead atoms. The highest BCUT2D eigenvalue weighted by Crippen LogP contribution is 2.36. The molecular weight excluding hydrogens is 272 g/mol. The predicted molar refractivity (Wildman–Crippen MR) is 81.1 cm³/mol. The van der Waals surface area contributed by atoms with Crippen molar-refractivity contribution in [2.75, 3.05) is 13.2 Å².